The van der Waals surface area contributed by atoms with Gasteiger partial charge in [0.25, 0.3) is 5.91 Å². The highest BCUT2D eigenvalue weighted by atomic mass is 16.5. The van der Waals surface area contributed by atoms with Crippen molar-refractivity contribution in [1.82, 2.24) is 15.1 Å². The van der Waals surface area contributed by atoms with Crippen molar-refractivity contribution in [2.45, 2.75) is 57.7 Å². The molecule has 0 saturated heterocycles. The summed E-state index contributed by atoms with van der Waals surface area (Å²) in [4.78, 5) is 41.2. The Morgan fingerprint density at radius 3 is 2.35 bits per heavy atom. The van der Waals surface area contributed by atoms with Crippen molar-refractivity contribution in [2.75, 3.05) is 25.7 Å². The van der Waals surface area contributed by atoms with Gasteiger partial charge in [0.2, 0.25) is 5.91 Å². The van der Waals surface area contributed by atoms with Crippen LogP contribution in [-0.4, -0.2) is 60.0 Å². The molecule has 34 heavy (non-hydrogen) atoms. The third-order valence-corrected chi connectivity index (χ3v) is 6.41. The first-order chi connectivity index (χ1) is 16.3. The maximum absolute atomic E-state index is 13.8. The van der Waals surface area contributed by atoms with Crippen molar-refractivity contribution >= 4 is 23.5 Å². The highest BCUT2D eigenvalue weighted by molar-refractivity contribution is 6.12. The largest absolute Gasteiger partial charge is 0.497 e. The molecule has 10 heteroatoms. The molecular weight excluding hydrogens is 440 g/mol. The zero-order valence-corrected chi connectivity index (χ0v) is 19.9. The number of anilines is 1. The first-order valence-corrected chi connectivity index (χ1v) is 11.4. The lowest BCUT2D eigenvalue weighted by Crippen LogP contribution is -2.65. The maximum atomic E-state index is 13.8. The van der Waals surface area contributed by atoms with Crippen LogP contribution in [0.25, 0.3) is 0 Å². The van der Waals surface area contributed by atoms with E-state index in [1.807, 2.05) is 0 Å². The molecule has 0 unspecified atom stereocenters. The first-order valence-electron chi connectivity index (χ1n) is 11.4. The number of hydrogen-bond acceptors (Lipinski definition) is 7. The molecule has 2 aliphatic rings. The van der Waals surface area contributed by atoms with E-state index in [2.05, 4.69) is 10.4 Å². The number of nitrogens with one attached hydrogen (secondary N) is 1. The van der Waals surface area contributed by atoms with Gasteiger partial charge in [-0.25, -0.2) is 4.79 Å². The molecule has 4 rings (SSSR count). The number of methoxy groups -OCH3 is 2. The van der Waals surface area contributed by atoms with Gasteiger partial charge in [0, 0.05) is 30.3 Å². The summed E-state index contributed by atoms with van der Waals surface area (Å²) in [5.74, 6) is -0.412. The third-order valence-electron chi connectivity index (χ3n) is 6.41. The van der Waals surface area contributed by atoms with E-state index in [-0.39, 0.29) is 36.5 Å². The molecule has 1 aromatic carbocycles. The van der Waals surface area contributed by atoms with E-state index in [1.54, 1.807) is 32.0 Å². The number of esters is 1. The molecule has 1 saturated carbocycles. The minimum Gasteiger partial charge on any atom is -0.497 e. The van der Waals surface area contributed by atoms with Crippen molar-refractivity contribution in [3.63, 3.8) is 0 Å². The number of benzene rings is 1. The minimum absolute atomic E-state index is 0.0221. The lowest BCUT2D eigenvalue weighted by molar-refractivity contribution is -0.127. The molecule has 1 aliphatic carbocycles. The van der Waals surface area contributed by atoms with Gasteiger partial charge in [-0.1, -0.05) is 12.8 Å². The summed E-state index contributed by atoms with van der Waals surface area (Å²) < 4.78 is 17.3. The Kier molecular flexibility index (Phi) is 6.49. The number of carbonyl (C=O) groups is 3. The molecule has 0 bridgehead atoms. The normalized spacial score (nSPS) is 20.1. The average Bonchev–Trinajstić information content (AvgIpc) is 3.49. The Hall–Kier alpha value is -3.56. The molecule has 2 amide bonds. The Morgan fingerprint density at radius 1 is 1.12 bits per heavy atom. The van der Waals surface area contributed by atoms with Crippen molar-refractivity contribution < 1.29 is 28.6 Å². The summed E-state index contributed by atoms with van der Waals surface area (Å²) in [6, 6.07) is 6.52. The molecule has 0 spiro atoms. The molecule has 1 atom stereocenters. The second-order valence-electron chi connectivity index (χ2n) is 8.73. The Morgan fingerprint density at radius 2 is 1.76 bits per heavy atom. The molecular formula is C24H30N4O6. The molecule has 10 nitrogen and oxygen atoms in total. The van der Waals surface area contributed by atoms with Gasteiger partial charge in [0.05, 0.1) is 33.1 Å². The quantitative estimate of drug-likeness (QED) is 0.619. The van der Waals surface area contributed by atoms with Gasteiger partial charge in [-0.2, -0.15) is 5.10 Å². The fraction of sp³-hybridized carbons (Fsp3) is 0.500. The Balaban J connectivity index is 1.81. The van der Waals surface area contributed by atoms with Gasteiger partial charge < -0.3 is 19.5 Å². The number of fused-ring (bicyclic) bond motifs is 1. The molecule has 0 radical (unpaired) electrons. The van der Waals surface area contributed by atoms with E-state index < -0.39 is 17.4 Å². The molecule has 2 aromatic rings. The molecule has 1 aromatic heterocycles. The standard InChI is InChI=1S/C24H30N4O6/c1-5-34-22(30)19-13-20-21(29)28(16-10-17(32-3)12-18(11-16)33-4)24(2,14-27(20)26-19)23(31)25-15-8-6-7-9-15/h10-13,15H,5-9,14H2,1-4H3,(H,25,31)/t24-/m0/s1. The van der Waals surface area contributed by atoms with E-state index in [4.69, 9.17) is 14.2 Å². The second kappa shape index (κ2) is 9.36. The average molecular weight is 471 g/mol. The fourth-order valence-corrected chi connectivity index (χ4v) is 4.62. The van der Waals surface area contributed by atoms with Crippen LogP contribution >= 0.6 is 0 Å². The van der Waals surface area contributed by atoms with E-state index in [0.29, 0.717) is 17.2 Å². The van der Waals surface area contributed by atoms with E-state index in [1.165, 1.54) is 29.9 Å². The van der Waals surface area contributed by atoms with Crippen LogP contribution in [0.5, 0.6) is 11.5 Å². The summed E-state index contributed by atoms with van der Waals surface area (Å²) in [5.41, 5.74) is -0.664. The number of ether oxygens (including phenoxy) is 3. The van der Waals surface area contributed by atoms with Crippen LogP contribution in [0.1, 0.15) is 60.5 Å². The summed E-state index contributed by atoms with van der Waals surface area (Å²) >= 11 is 0. The summed E-state index contributed by atoms with van der Waals surface area (Å²) in [7, 11) is 3.03. The van der Waals surface area contributed by atoms with Crippen LogP contribution in [0, 0.1) is 0 Å². The van der Waals surface area contributed by atoms with Crippen LogP contribution in [0.4, 0.5) is 5.69 Å². The van der Waals surface area contributed by atoms with Gasteiger partial charge in [-0.3, -0.25) is 19.2 Å². The number of nitrogens with zero attached hydrogens (tertiary/aromatic N) is 3. The summed E-state index contributed by atoms with van der Waals surface area (Å²) in [6.07, 6.45) is 3.93. The van der Waals surface area contributed by atoms with Gasteiger partial charge in [0.1, 0.15) is 22.7 Å². The molecule has 2 heterocycles. The van der Waals surface area contributed by atoms with Crippen molar-refractivity contribution in [3.8, 4) is 11.5 Å². The van der Waals surface area contributed by atoms with Crippen molar-refractivity contribution in [2.24, 2.45) is 0 Å². The Bertz CT molecular complexity index is 1080. The first kappa shape index (κ1) is 23.6. The number of aromatic nitrogens is 2. The van der Waals surface area contributed by atoms with Gasteiger partial charge in [0.15, 0.2) is 5.69 Å². The van der Waals surface area contributed by atoms with E-state index >= 15 is 0 Å². The van der Waals surface area contributed by atoms with Gasteiger partial charge in [-0.15, -0.1) is 0 Å². The number of hydrogen-bond donors (Lipinski definition) is 1. The zero-order chi connectivity index (χ0) is 24.5. The molecule has 1 fully saturated rings. The molecule has 1 N–H and O–H groups in total. The van der Waals surface area contributed by atoms with Gasteiger partial charge in [-0.05, 0) is 26.7 Å². The van der Waals surface area contributed by atoms with Crippen LogP contribution in [-0.2, 0) is 16.1 Å². The van der Waals surface area contributed by atoms with E-state index in [9.17, 15) is 14.4 Å². The summed E-state index contributed by atoms with van der Waals surface area (Å²) in [6.45, 7) is 3.65. The van der Waals surface area contributed by atoms with Gasteiger partial charge >= 0.3 is 5.97 Å². The maximum Gasteiger partial charge on any atom is 0.358 e. The van der Waals surface area contributed by atoms with Crippen LogP contribution < -0.4 is 19.7 Å². The monoisotopic (exact) mass is 470 g/mol. The predicted octanol–water partition coefficient (Wildman–Crippen LogP) is 2.55. The number of rotatable bonds is 7. The van der Waals surface area contributed by atoms with Crippen LogP contribution in [0.15, 0.2) is 24.3 Å². The zero-order valence-electron chi connectivity index (χ0n) is 19.9. The van der Waals surface area contributed by atoms with E-state index in [0.717, 1.165) is 25.7 Å². The SMILES string of the molecule is CCOC(=O)c1cc2n(n1)C[C@@](C)(C(=O)NC1CCCC1)N(c1cc(OC)cc(OC)c1)C2=O. The molecule has 182 valence electrons. The predicted molar refractivity (Wildman–Crippen MR) is 123 cm³/mol. The minimum atomic E-state index is -1.32. The van der Waals surface area contributed by atoms with Crippen molar-refractivity contribution in [1.29, 1.82) is 0 Å². The second-order valence-corrected chi connectivity index (χ2v) is 8.73. The third kappa shape index (κ3) is 4.20. The topological polar surface area (TPSA) is 112 Å². The van der Waals surface area contributed by atoms with Crippen LogP contribution in [0.2, 0.25) is 0 Å². The van der Waals surface area contributed by atoms with Crippen LogP contribution in [0.3, 0.4) is 0 Å². The highest BCUT2D eigenvalue weighted by Crippen LogP contribution is 2.37. The number of amides is 2. The smallest absolute Gasteiger partial charge is 0.358 e. The lowest BCUT2D eigenvalue weighted by Gasteiger charge is -2.43. The Labute approximate surface area is 198 Å². The number of carbonyl (C=O) groups excluding carboxylic acids is 3. The highest BCUT2D eigenvalue weighted by Gasteiger charge is 2.50. The summed E-state index contributed by atoms with van der Waals surface area (Å²) in [5, 5.41) is 7.41. The van der Waals surface area contributed by atoms with Crippen molar-refractivity contribution in [3.05, 3.63) is 35.7 Å². The lowest BCUT2D eigenvalue weighted by atomic mass is 9.93. The molecule has 1 aliphatic heterocycles. The fourth-order valence-electron chi connectivity index (χ4n) is 4.62.